The summed E-state index contributed by atoms with van der Waals surface area (Å²) in [6.45, 7) is 0.575. The van der Waals surface area contributed by atoms with E-state index in [4.69, 9.17) is 0 Å². The Hall–Kier alpha value is -1.69. The smallest absolute Gasteiger partial charge is 0.254 e. The summed E-state index contributed by atoms with van der Waals surface area (Å²) in [6, 6.07) is 3.47. The van der Waals surface area contributed by atoms with E-state index >= 15 is 0 Å². The van der Waals surface area contributed by atoms with E-state index in [2.05, 4.69) is 31.3 Å². The fourth-order valence-electron chi connectivity index (χ4n) is 1.57. The van der Waals surface area contributed by atoms with Gasteiger partial charge in [-0.3, -0.25) is 9.48 Å². The minimum Gasteiger partial charge on any atom is -0.352 e. The van der Waals surface area contributed by atoms with Crippen molar-refractivity contribution in [1.82, 2.24) is 20.1 Å². The molecule has 5 nitrogen and oxygen atoms in total. The van der Waals surface area contributed by atoms with Crippen LogP contribution in [0.1, 0.15) is 15.9 Å². The minimum absolute atomic E-state index is 0.126. The van der Waals surface area contributed by atoms with E-state index in [0.717, 1.165) is 12.0 Å². The van der Waals surface area contributed by atoms with Crippen LogP contribution in [0.2, 0.25) is 0 Å². The molecule has 2 aromatic heterocycles. The number of hydrogen-bond acceptors (Lipinski definition) is 3. The van der Waals surface area contributed by atoms with Gasteiger partial charge in [0.1, 0.15) is 4.60 Å². The molecule has 0 fully saturated rings. The van der Waals surface area contributed by atoms with Crippen LogP contribution in [0.25, 0.3) is 0 Å². The number of nitrogens with zero attached hydrogens (tertiary/aromatic N) is 3. The van der Waals surface area contributed by atoms with Gasteiger partial charge in [-0.25, -0.2) is 4.98 Å². The second kappa shape index (κ2) is 5.77. The van der Waals surface area contributed by atoms with Crippen LogP contribution in [0.5, 0.6) is 0 Å². The minimum atomic E-state index is -0.126. The third-order valence-corrected chi connectivity index (χ3v) is 3.09. The lowest BCUT2D eigenvalue weighted by Crippen LogP contribution is -2.26. The van der Waals surface area contributed by atoms with Crippen molar-refractivity contribution in [2.24, 2.45) is 7.05 Å². The predicted octanol–water partition coefficient (Wildman–Crippen LogP) is 1.55. The first-order valence-electron chi connectivity index (χ1n) is 5.53. The van der Waals surface area contributed by atoms with Crippen molar-refractivity contribution >= 4 is 21.8 Å². The Morgan fingerprint density at radius 1 is 1.56 bits per heavy atom. The van der Waals surface area contributed by atoms with Crippen molar-refractivity contribution in [1.29, 1.82) is 0 Å². The first-order chi connectivity index (χ1) is 8.66. The summed E-state index contributed by atoms with van der Waals surface area (Å²) in [5, 5.41) is 6.92. The third kappa shape index (κ3) is 3.16. The number of nitrogens with one attached hydrogen (secondary N) is 1. The summed E-state index contributed by atoms with van der Waals surface area (Å²) in [7, 11) is 1.87. The largest absolute Gasteiger partial charge is 0.352 e. The van der Waals surface area contributed by atoms with Gasteiger partial charge in [0.25, 0.3) is 5.91 Å². The molecule has 0 unspecified atom stereocenters. The average molecular weight is 309 g/mol. The Bertz CT molecular complexity index is 553. The summed E-state index contributed by atoms with van der Waals surface area (Å²) in [6.07, 6.45) is 6.13. The van der Waals surface area contributed by atoms with Gasteiger partial charge in [0.05, 0.1) is 11.8 Å². The number of amides is 1. The molecule has 0 atom stereocenters. The Morgan fingerprint density at radius 2 is 2.39 bits per heavy atom. The van der Waals surface area contributed by atoms with E-state index in [1.165, 1.54) is 0 Å². The third-order valence-electron chi connectivity index (χ3n) is 2.46. The highest BCUT2D eigenvalue weighted by atomic mass is 79.9. The van der Waals surface area contributed by atoms with Gasteiger partial charge in [0.15, 0.2) is 0 Å². The molecule has 2 aromatic rings. The maximum Gasteiger partial charge on any atom is 0.254 e. The number of hydrogen-bond donors (Lipinski definition) is 1. The van der Waals surface area contributed by atoms with Crippen molar-refractivity contribution in [3.8, 4) is 0 Å². The lowest BCUT2D eigenvalue weighted by molar-refractivity contribution is 0.0953. The Morgan fingerprint density at radius 3 is 3.06 bits per heavy atom. The Balaban J connectivity index is 1.87. The van der Waals surface area contributed by atoms with Gasteiger partial charge in [-0.2, -0.15) is 5.10 Å². The van der Waals surface area contributed by atoms with Crippen molar-refractivity contribution in [2.45, 2.75) is 6.42 Å². The van der Waals surface area contributed by atoms with Crippen LogP contribution in [0.15, 0.2) is 35.3 Å². The molecule has 2 rings (SSSR count). The van der Waals surface area contributed by atoms with Gasteiger partial charge < -0.3 is 5.32 Å². The zero-order valence-corrected chi connectivity index (χ0v) is 11.5. The van der Waals surface area contributed by atoms with Crippen molar-refractivity contribution in [3.63, 3.8) is 0 Å². The second-order valence-corrected chi connectivity index (χ2v) is 4.62. The van der Waals surface area contributed by atoms with E-state index in [1.807, 2.05) is 13.2 Å². The fraction of sp³-hybridized carbons (Fsp3) is 0.250. The molecule has 1 N–H and O–H groups in total. The molecule has 0 radical (unpaired) electrons. The molecule has 0 bridgehead atoms. The molecule has 0 spiro atoms. The van der Waals surface area contributed by atoms with Gasteiger partial charge in [0, 0.05) is 26.0 Å². The number of halogens is 1. The summed E-state index contributed by atoms with van der Waals surface area (Å²) in [5.74, 6) is -0.126. The summed E-state index contributed by atoms with van der Waals surface area (Å²) >= 11 is 3.25. The molecule has 0 aliphatic rings. The van der Waals surface area contributed by atoms with Crippen molar-refractivity contribution < 1.29 is 4.79 Å². The lowest BCUT2D eigenvalue weighted by Gasteiger charge is -2.05. The highest BCUT2D eigenvalue weighted by Gasteiger charge is 2.09. The number of pyridine rings is 1. The maximum absolute atomic E-state index is 11.9. The van der Waals surface area contributed by atoms with Crippen molar-refractivity contribution in [3.05, 3.63) is 46.5 Å². The normalized spacial score (nSPS) is 10.3. The molecule has 0 saturated heterocycles. The molecular weight excluding hydrogens is 296 g/mol. The zero-order chi connectivity index (χ0) is 13.0. The van der Waals surface area contributed by atoms with Gasteiger partial charge in [-0.1, -0.05) is 0 Å². The summed E-state index contributed by atoms with van der Waals surface area (Å²) in [5.41, 5.74) is 1.65. The number of carbonyl (C=O) groups excluding carboxylic acids is 1. The monoisotopic (exact) mass is 308 g/mol. The molecule has 6 heteroatoms. The van der Waals surface area contributed by atoms with Gasteiger partial charge in [-0.05, 0) is 40.0 Å². The standard InChI is InChI=1S/C12H13BrN4O/c1-17-8-9(7-16-17)4-6-15-12(18)10-3-2-5-14-11(10)13/h2-3,5,7-8H,4,6H2,1H3,(H,15,18). The van der Waals surface area contributed by atoms with Crippen LogP contribution >= 0.6 is 15.9 Å². The number of carbonyl (C=O) groups is 1. The number of rotatable bonds is 4. The van der Waals surface area contributed by atoms with Crippen LogP contribution in [-0.2, 0) is 13.5 Å². The maximum atomic E-state index is 11.9. The molecule has 2 heterocycles. The predicted molar refractivity (Wildman–Crippen MR) is 71.2 cm³/mol. The summed E-state index contributed by atoms with van der Waals surface area (Å²) in [4.78, 5) is 15.9. The first-order valence-corrected chi connectivity index (χ1v) is 6.32. The highest BCUT2D eigenvalue weighted by molar-refractivity contribution is 9.10. The van der Waals surface area contributed by atoms with Crippen molar-refractivity contribution in [2.75, 3.05) is 6.54 Å². The van der Waals surface area contributed by atoms with Crippen LogP contribution in [-0.4, -0.2) is 27.2 Å². The van der Waals surface area contributed by atoms with Gasteiger partial charge in [-0.15, -0.1) is 0 Å². The fourth-order valence-corrected chi connectivity index (χ4v) is 2.00. The van der Waals surface area contributed by atoms with E-state index in [-0.39, 0.29) is 5.91 Å². The molecule has 18 heavy (non-hydrogen) atoms. The van der Waals surface area contributed by atoms with Crippen LogP contribution in [0.3, 0.4) is 0 Å². The van der Waals surface area contributed by atoms with Gasteiger partial charge >= 0.3 is 0 Å². The lowest BCUT2D eigenvalue weighted by atomic mass is 10.2. The SMILES string of the molecule is Cn1cc(CCNC(=O)c2cccnc2Br)cn1. The quantitative estimate of drug-likeness (QED) is 0.872. The summed E-state index contributed by atoms with van der Waals surface area (Å²) < 4.78 is 2.30. The average Bonchev–Trinajstić information content (AvgIpc) is 2.75. The Labute approximate surface area is 113 Å². The second-order valence-electron chi connectivity index (χ2n) is 3.87. The topological polar surface area (TPSA) is 59.8 Å². The molecule has 0 saturated carbocycles. The van der Waals surface area contributed by atoms with E-state index in [9.17, 15) is 4.79 Å². The first kappa shape index (κ1) is 12.8. The molecule has 0 aromatic carbocycles. The van der Waals surface area contributed by atoms with Crippen LogP contribution in [0.4, 0.5) is 0 Å². The Kier molecular flexibility index (Phi) is 4.09. The number of aromatic nitrogens is 3. The molecule has 0 aliphatic heterocycles. The van der Waals surface area contributed by atoms with Crippen LogP contribution < -0.4 is 5.32 Å². The molecular formula is C12H13BrN4O. The van der Waals surface area contributed by atoms with E-state index in [0.29, 0.717) is 16.7 Å². The highest BCUT2D eigenvalue weighted by Crippen LogP contribution is 2.11. The van der Waals surface area contributed by atoms with Crippen LogP contribution in [0, 0.1) is 0 Å². The number of aryl methyl sites for hydroxylation is 1. The van der Waals surface area contributed by atoms with E-state index < -0.39 is 0 Å². The molecule has 94 valence electrons. The van der Waals surface area contributed by atoms with Gasteiger partial charge in [0.2, 0.25) is 0 Å². The molecule has 0 aliphatic carbocycles. The molecule has 1 amide bonds. The van der Waals surface area contributed by atoms with E-state index in [1.54, 1.807) is 29.2 Å². The zero-order valence-electron chi connectivity index (χ0n) is 9.93.